The van der Waals surface area contributed by atoms with Crippen LogP contribution in [0.15, 0.2) is 30.3 Å². The number of hydrogen-bond donors (Lipinski definition) is 0. The molecule has 2 aliphatic carbocycles. The average Bonchev–Trinajstić information content (AvgIpc) is 2.67. The minimum atomic E-state index is -0.324. The molecule has 3 nitrogen and oxygen atoms in total. The Kier molecular flexibility index (Phi) is 5.40. The lowest BCUT2D eigenvalue weighted by Gasteiger charge is -2.56. The van der Waals surface area contributed by atoms with E-state index in [4.69, 9.17) is 11.6 Å². The SMILES string of the molecule is O=C(Cl)N(c1ccccc1)C1CC2CCCC(C1)N2C1CC2CCCC(C2)C1. The number of benzene rings is 1. The maximum Gasteiger partial charge on any atom is 0.321 e. The van der Waals surface area contributed by atoms with E-state index >= 15 is 0 Å². The zero-order valence-corrected chi connectivity index (χ0v) is 17.6. The molecule has 4 bridgehead atoms. The molecule has 0 spiro atoms. The van der Waals surface area contributed by atoms with E-state index in [0.717, 1.165) is 36.4 Å². The minimum absolute atomic E-state index is 0.238. The largest absolute Gasteiger partial charge is 0.321 e. The van der Waals surface area contributed by atoms with Crippen molar-refractivity contribution in [3.8, 4) is 0 Å². The highest BCUT2D eigenvalue weighted by molar-refractivity contribution is 6.66. The highest BCUT2D eigenvalue weighted by Gasteiger charge is 2.46. The Labute approximate surface area is 174 Å². The summed E-state index contributed by atoms with van der Waals surface area (Å²) in [5.74, 6) is 1.95. The number of nitrogens with zero attached hydrogens (tertiary/aromatic N) is 2. The van der Waals surface area contributed by atoms with Gasteiger partial charge in [-0.25, -0.2) is 0 Å². The first-order valence-corrected chi connectivity index (χ1v) is 11.9. The van der Waals surface area contributed by atoms with Crippen molar-refractivity contribution in [2.75, 3.05) is 4.90 Å². The Morgan fingerprint density at radius 1 is 0.821 bits per heavy atom. The number of fused-ring (bicyclic) bond motifs is 4. The van der Waals surface area contributed by atoms with Gasteiger partial charge >= 0.3 is 5.37 Å². The van der Waals surface area contributed by atoms with E-state index in [1.807, 2.05) is 35.2 Å². The topological polar surface area (TPSA) is 23.6 Å². The van der Waals surface area contributed by atoms with E-state index in [1.165, 1.54) is 57.8 Å². The molecule has 0 radical (unpaired) electrons. The lowest BCUT2D eigenvalue weighted by Crippen LogP contribution is -2.61. The molecule has 4 fully saturated rings. The summed E-state index contributed by atoms with van der Waals surface area (Å²) in [6.07, 6.45) is 14.8. The summed E-state index contributed by atoms with van der Waals surface area (Å²) < 4.78 is 0. The highest BCUT2D eigenvalue weighted by atomic mass is 35.5. The monoisotopic (exact) mass is 400 g/mol. The number of carbonyl (C=O) groups excluding carboxylic acids is 1. The fraction of sp³-hybridized carbons (Fsp3) is 0.708. The van der Waals surface area contributed by atoms with Crippen molar-refractivity contribution >= 4 is 22.7 Å². The third-order valence-electron chi connectivity index (χ3n) is 8.12. The number of rotatable bonds is 3. The Morgan fingerprint density at radius 3 is 2.04 bits per heavy atom. The summed E-state index contributed by atoms with van der Waals surface area (Å²) in [4.78, 5) is 17.2. The zero-order chi connectivity index (χ0) is 19.1. The molecular weight excluding hydrogens is 368 g/mol. The van der Waals surface area contributed by atoms with Gasteiger partial charge in [-0.1, -0.05) is 43.9 Å². The molecule has 1 aromatic rings. The third kappa shape index (κ3) is 3.61. The summed E-state index contributed by atoms with van der Waals surface area (Å²) in [5, 5.41) is -0.324. The molecule has 0 N–H and O–H groups in total. The quantitative estimate of drug-likeness (QED) is 0.445. The average molecular weight is 401 g/mol. The number of halogens is 1. The van der Waals surface area contributed by atoms with Gasteiger partial charge in [0.05, 0.1) is 0 Å². The van der Waals surface area contributed by atoms with E-state index < -0.39 is 0 Å². The lowest BCUT2D eigenvalue weighted by atomic mass is 9.68. The fourth-order valence-corrected chi connectivity index (χ4v) is 7.42. The van der Waals surface area contributed by atoms with Gasteiger partial charge in [-0.15, -0.1) is 0 Å². The van der Waals surface area contributed by atoms with Crippen LogP contribution in [0, 0.1) is 11.8 Å². The Bertz CT molecular complexity index is 669. The molecule has 4 atom stereocenters. The third-order valence-corrected chi connectivity index (χ3v) is 8.30. The van der Waals surface area contributed by atoms with E-state index in [0.29, 0.717) is 12.1 Å². The number of anilines is 1. The predicted octanol–water partition coefficient (Wildman–Crippen LogP) is 6.21. The molecule has 1 aromatic carbocycles. The van der Waals surface area contributed by atoms with Crippen molar-refractivity contribution in [3.05, 3.63) is 30.3 Å². The van der Waals surface area contributed by atoms with Gasteiger partial charge in [0.25, 0.3) is 0 Å². The van der Waals surface area contributed by atoms with Crippen LogP contribution < -0.4 is 4.90 Å². The summed E-state index contributed by atoms with van der Waals surface area (Å²) in [5.41, 5.74) is 0.950. The first-order chi connectivity index (χ1) is 13.7. The second kappa shape index (κ2) is 7.99. The van der Waals surface area contributed by atoms with Crippen molar-refractivity contribution in [1.82, 2.24) is 4.90 Å². The van der Waals surface area contributed by atoms with Gasteiger partial charge < -0.3 is 0 Å². The van der Waals surface area contributed by atoms with Crippen LogP contribution in [-0.4, -0.2) is 34.4 Å². The summed E-state index contributed by atoms with van der Waals surface area (Å²) in [6.45, 7) is 0. The van der Waals surface area contributed by atoms with Crippen LogP contribution >= 0.6 is 11.6 Å². The van der Waals surface area contributed by atoms with Crippen molar-refractivity contribution < 1.29 is 4.79 Å². The standard InChI is InChI=1S/C24H33ClN2O/c25-24(28)27(19-8-2-1-3-9-19)23-15-20-10-5-11-21(16-23)26(20)22-13-17-6-4-7-18(12-17)14-22/h1-3,8-9,17-18,20-23H,4-7,10-16H2. The van der Waals surface area contributed by atoms with Gasteiger partial charge in [0.15, 0.2) is 0 Å². The van der Waals surface area contributed by atoms with Crippen molar-refractivity contribution in [2.45, 2.75) is 94.8 Å². The smallest absolute Gasteiger partial charge is 0.296 e. The molecule has 2 saturated heterocycles. The molecule has 28 heavy (non-hydrogen) atoms. The zero-order valence-electron chi connectivity index (χ0n) is 16.8. The summed E-state index contributed by atoms with van der Waals surface area (Å²) in [6, 6.07) is 12.3. The maximum atomic E-state index is 12.4. The van der Waals surface area contributed by atoms with Crippen LogP contribution in [0.1, 0.15) is 70.6 Å². The number of hydrogen-bond acceptors (Lipinski definition) is 2. The van der Waals surface area contributed by atoms with E-state index in [9.17, 15) is 4.79 Å². The van der Waals surface area contributed by atoms with Crippen LogP contribution in [0.5, 0.6) is 0 Å². The lowest BCUT2D eigenvalue weighted by molar-refractivity contribution is -0.0400. The van der Waals surface area contributed by atoms with Crippen LogP contribution in [0.4, 0.5) is 10.5 Å². The van der Waals surface area contributed by atoms with Gasteiger partial charge in [0, 0.05) is 29.9 Å². The van der Waals surface area contributed by atoms with E-state index in [1.54, 1.807) is 0 Å². The molecule has 1 amide bonds. The molecule has 2 aliphatic heterocycles. The van der Waals surface area contributed by atoms with Crippen LogP contribution in [0.2, 0.25) is 0 Å². The van der Waals surface area contributed by atoms with Crippen molar-refractivity contribution in [1.29, 1.82) is 0 Å². The number of piperidine rings is 2. The Morgan fingerprint density at radius 2 is 1.43 bits per heavy atom. The molecule has 2 heterocycles. The van der Waals surface area contributed by atoms with Gasteiger partial charge in [-0.2, -0.15) is 0 Å². The molecule has 2 saturated carbocycles. The molecular formula is C24H33ClN2O. The first-order valence-electron chi connectivity index (χ1n) is 11.5. The van der Waals surface area contributed by atoms with Gasteiger partial charge in [0.1, 0.15) is 0 Å². The number of para-hydroxylation sites is 1. The molecule has 152 valence electrons. The van der Waals surface area contributed by atoms with Gasteiger partial charge in [-0.3, -0.25) is 14.6 Å². The van der Waals surface area contributed by atoms with E-state index in [-0.39, 0.29) is 11.4 Å². The summed E-state index contributed by atoms with van der Waals surface area (Å²) >= 11 is 6.09. The molecule has 0 aromatic heterocycles. The molecule has 5 rings (SSSR count). The van der Waals surface area contributed by atoms with Gasteiger partial charge in [-0.05, 0) is 80.5 Å². The van der Waals surface area contributed by atoms with Crippen molar-refractivity contribution in [3.63, 3.8) is 0 Å². The fourth-order valence-electron chi connectivity index (χ4n) is 7.18. The molecule has 4 aliphatic rings. The first kappa shape index (κ1) is 18.9. The second-order valence-corrected chi connectivity index (χ2v) is 10.1. The Hall–Kier alpha value is -1.06. The normalized spacial score (nSPS) is 38.0. The van der Waals surface area contributed by atoms with E-state index in [2.05, 4.69) is 4.90 Å². The van der Waals surface area contributed by atoms with Gasteiger partial charge in [0.2, 0.25) is 0 Å². The molecule has 4 heteroatoms. The summed E-state index contributed by atoms with van der Waals surface area (Å²) in [7, 11) is 0. The number of carbonyl (C=O) groups is 1. The highest BCUT2D eigenvalue weighted by Crippen LogP contribution is 2.46. The minimum Gasteiger partial charge on any atom is -0.296 e. The maximum absolute atomic E-state index is 12.4. The van der Waals surface area contributed by atoms with Crippen LogP contribution in [0.25, 0.3) is 0 Å². The number of amides is 1. The van der Waals surface area contributed by atoms with Crippen LogP contribution in [0.3, 0.4) is 0 Å². The molecule has 4 unspecified atom stereocenters. The van der Waals surface area contributed by atoms with Crippen molar-refractivity contribution in [2.24, 2.45) is 11.8 Å². The Balaban J connectivity index is 1.36. The second-order valence-electron chi connectivity index (χ2n) is 9.79. The van der Waals surface area contributed by atoms with Crippen LogP contribution in [-0.2, 0) is 0 Å². The predicted molar refractivity (Wildman–Crippen MR) is 115 cm³/mol.